The number of aromatic nitrogens is 1. The molecule has 0 saturated carbocycles. The number of rotatable bonds is 1. The van der Waals surface area contributed by atoms with Gasteiger partial charge in [-0.25, -0.2) is 9.37 Å². The van der Waals surface area contributed by atoms with Crippen LogP contribution in [0, 0.1) is 5.82 Å². The van der Waals surface area contributed by atoms with Gasteiger partial charge in [0.05, 0.1) is 10.2 Å². The summed E-state index contributed by atoms with van der Waals surface area (Å²) in [5.74, 6) is -0.192. The van der Waals surface area contributed by atoms with Crippen molar-refractivity contribution in [1.82, 2.24) is 10.3 Å². The van der Waals surface area contributed by atoms with Gasteiger partial charge in [-0.05, 0) is 18.2 Å². The van der Waals surface area contributed by atoms with Gasteiger partial charge in [0.25, 0.3) is 0 Å². The SMILES string of the molecule is Cl.Fc1ccc2nc(N3CCNCC3)sc2c1. The van der Waals surface area contributed by atoms with Crippen LogP contribution in [0.1, 0.15) is 0 Å². The van der Waals surface area contributed by atoms with E-state index in [9.17, 15) is 4.39 Å². The number of nitrogens with zero attached hydrogens (tertiary/aromatic N) is 2. The van der Waals surface area contributed by atoms with Crippen molar-refractivity contribution in [2.75, 3.05) is 31.1 Å². The van der Waals surface area contributed by atoms with Crippen LogP contribution in [-0.4, -0.2) is 31.2 Å². The Morgan fingerprint density at radius 3 is 2.82 bits per heavy atom. The molecule has 2 aromatic rings. The smallest absolute Gasteiger partial charge is 0.186 e. The van der Waals surface area contributed by atoms with E-state index in [2.05, 4.69) is 15.2 Å². The molecule has 1 saturated heterocycles. The Morgan fingerprint density at radius 1 is 1.29 bits per heavy atom. The average Bonchev–Trinajstić information content (AvgIpc) is 2.73. The largest absolute Gasteiger partial charge is 0.346 e. The number of nitrogens with one attached hydrogen (secondary N) is 1. The van der Waals surface area contributed by atoms with E-state index in [1.54, 1.807) is 23.5 Å². The fourth-order valence-corrected chi connectivity index (χ4v) is 2.92. The lowest BCUT2D eigenvalue weighted by atomic mass is 10.3. The Bertz CT molecular complexity index is 510. The summed E-state index contributed by atoms with van der Waals surface area (Å²) in [5, 5.41) is 4.30. The summed E-state index contributed by atoms with van der Waals surface area (Å²) in [5.41, 5.74) is 0.889. The van der Waals surface area contributed by atoms with Gasteiger partial charge in [-0.2, -0.15) is 0 Å². The first kappa shape index (κ1) is 12.5. The zero-order chi connectivity index (χ0) is 11.0. The van der Waals surface area contributed by atoms with Gasteiger partial charge in [-0.15, -0.1) is 12.4 Å². The van der Waals surface area contributed by atoms with E-state index in [0.717, 1.165) is 41.5 Å². The first-order chi connectivity index (χ1) is 7.83. The summed E-state index contributed by atoms with van der Waals surface area (Å²) >= 11 is 1.56. The van der Waals surface area contributed by atoms with E-state index in [0.29, 0.717) is 0 Å². The minimum absolute atomic E-state index is 0. The highest BCUT2D eigenvalue weighted by Gasteiger charge is 2.14. The zero-order valence-electron chi connectivity index (χ0n) is 9.15. The maximum absolute atomic E-state index is 13.0. The first-order valence-corrected chi connectivity index (χ1v) is 6.16. The quantitative estimate of drug-likeness (QED) is 0.864. The van der Waals surface area contributed by atoms with E-state index < -0.39 is 0 Å². The summed E-state index contributed by atoms with van der Waals surface area (Å²) in [6.07, 6.45) is 0. The third-order valence-electron chi connectivity index (χ3n) is 2.73. The Labute approximate surface area is 109 Å². The highest BCUT2D eigenvalue weighted by atomic mass is 35.5. The van der Waals surface area contributed by atoms with Crippen LogP contribution < -0.4 is 10.2 Å². The van der Waals surface area contributed by atoms with Crippen LogP contribution in [0.3, 0.4) is 0 Å². The van der Waals surface area contributed by atoms with Crippen molar-refractivity contribution >= 4 is 39.1 Å². The first-order valence-electron chi connectivity index (χ1n) is 5.35. The second-order valence-corrected chi connectivity index (χ2v) is 4.85. The number of hydrogen-bond donors (Lipinski definition) is 1. The maximum atomic E-state index is 13.0. The minimum Gasteiger partial charge on any atom is -0.346 e. The molecule has 92 valence electrons. The molecular weight excluding hydrogens is 261 g/mol. The van der Waals surface area contributed by atoms with Crippen LogP contribution >= 0.6 is 23.7 Å². The van der Waals surface area contributed by atoms with Crippen LogP contribution in [0.5, 0.6) is 0 Å². The molecule has 3 nitrogen and oxygen atoms in total. The summed E-state index contributed by atoms with van der Waals surface area (Å²) in [7, 11) is 0. The predicted octanol–water partition coefficient (Wildman–Crippen LogP) is 2.27. The van der Waals surface area contributed by atoms with Crippen LogP contribution in [-0.2, 0) is 0 Å². The molecule has 0 radical (unpaired) electrons. The number of hydrogen-bond acceptors (Lipinski definition) is 4. The van der Waals surface area contributed by atoms with Crippen LogP contribution in [0.25, 0.3) is 10.2 Å². The van der Waals surface area contributed by atoms with Crippen molar-refractivity contribution in [3.05, 3.63) is 24.0 Å². The summed E-state index contributed by atoms with van der Waals surface area (Å²) in [4.78, 5) is 6.78. The van der Waals surface area contributed by atoms with Crippen molar-refractivity contribution in [3.63, 3.8) is 0 Å². The van der Waals surface area contributed by atoms with Gasteiger partial charge in [-0.1, -0.05) is 11.3 Å². The van der Waals surface area contributed by atoms with E-state index in [1.165, 1.54) is 6.07 Å². The third kappa shape index (κ3) is 2.51. The summed E-state index contributed by atoms with van der Waals surface area (Å²) in [6, 6.07) is 4.76. The summed E-state index contributed by atoms with van der Waals surface area (Å²) in [6.45, 7) is 3.93. The maximum Gasteiger partial charge on any atom is 0.186 e. The van der Waals surface area contributed by atoms with Gasteiger partial charge in [0.1, 0.15) is 5.82 Å². The van der Waals surface area contributed by atoms with Crippen molar-refractivity contribution in [2.24, 2.45) is 0 Å². The van der Waals surface area contributed by atoms with Gasteiger partial charge < -0.3 is 10.2 Å². The van der Waals surface area contributed by atoms with Gasteiger partial charge >= 0.3 is 0 Å². The molecule has 0 atom stereocenters. The fourth-order valence-electron chi connectivity index (χ4n) is 1.88. The number of thiazole rings is 1. The highest BCUT2D eigenvalue weighted by molar-refractivity contribution is 7.22. The molecule has 0 amide bonds. The third-order valence-corrected chi connectivity index (χ3v) is 3.81. The van der Waals surface area contributed by atoms with Gasteiger partial charge in [0.15, 0.2) is 5.13 Å². The minimum atomic E-state index is -0.192. The molecule has 0 spiro atoms. The van der Waals surface area contributed by atoms with Crippen molar-refractivity contribution < 1.29 is 4.39 Å². The normalized spacial score (nSPS) is 15.9. The molecule has 1 aliphatic rings. The molecule has 0 unspecified atom stereocenters. The standard InChI is InChI=1S/C11H12FN3S.ClH/c12-8-1-2-9-10(7-8)16-11(14-9)15-5-3-13-4-6-15;/h1-2,7,13H,3-6H2;1H. The van der Waals surface area contributed by atoms with E-state index in [-0.39, 0.29) is 18.2 Å². The molecule has 17 heavy (non-hydrogen) atoms. The molecule has 0 bridgehead atoms. The van der Waals surface area contributed by atoms with E-state index in [1.807, 2.05) is 0 Å². The molecule has 1 aromatic heterocycles. The van der Waals surface area contributed by atoms with Crippen molar-refractivity contribution in [1.29, 1.82) is 0 Å². The predicted molar refractivity (Wildman–Crippen MR) is 71.9 cm³/mol. The Balaban J connectivity index is 0.00000108. The van der Waals surface area contributed by atoms with Crippen molar-refractivity contribution in [2.45, 2.75) is 0 Å². The van der Waals surface area contributed by atoms with Crippen LogP contribution in [0.15, 0.2) is 18.2 Å². The lowest BCUT2D eigenvalue weighted by Gasteiger charge is -2.26. The molecule has 1 fully saturated rings. The molecule has 6 heteroatoms. The van der Waals surface area contributed by atoms with Gasteiger partial charge in [-0.3, -0.25) is 0 Å². The lowest BCUT2D eigenvalue weighted by molar-refractivity contribution is 0.588. The van der Waals surface area contributed by atoms with E-state index >= 15 is 0 Å². The monoisotopic (exact) mass is 273 g/mol. The molecule has 1 aliphatic heterocycles. The number of piperazine rings is 1. The lowest BCUT2D eigenvalue weighted by Crippen LogP contribution is -2.43. The number of halogens is 2. The number of fused-ring (bicyclic) bond motifs is 1. The van der Waals surface area contributed by atoms with Crippen molar-refractivity contribution in [3.8, 4) is 0 Å². The number of benzene rings is 1. The van der Waals surface area contributed by atoms with E-state index in [4.69, 9.17) is 0 Å². The Kier molecular flexibility index (Phi) is 3.81. The van der Waals surface area contributed by atoms with Crippen LogP contribution in [0.4, 0.5) is 9.52 Å². The fraction of sp³-hybridized carbons (Fsp3) is 0.364. The molecular formula is C11H13ClFN3S. The molecule has 1 aromatic carbocycles. The Morgan fingerprint density at radius 2 is 2.06 bits per heavy atom. The molecule has 3 rings (SSSR count). The second kappa shape index (κ2) is 5.16. The van der Waals surface area contributed by atoms with Gasteiger partial charge in [0.2, 0.25) is 0 Å². The molecule has 2 heterocycles. The molecule has 0 aliphatic carbocycles. The molecule has 1 N–H and O–H groups in total. The van der Waals surface area contributed by atoms with Gasteiger partial charge in [0, 0.05) is 26.2 Å². The average molecular weight is 274 g/mol. The highest BCUT2D eigenvalue weighted by Crippen LogP contribution is 2.29. The summed E-state index contributed by atoms with van der Waals surface area (Å²) < 4.78 is 14.0. The number of anilines is 1. The second-order valence-electron chi connectivity index (χ2n) is 3.85. The topological polar surface area (TPSA) is 28.2 Å². The van der Waals surface area contributed by atoms with Crippen LogP contribution in [0.2, 0.25) is 0 Å². The Hall–Kier alpha value is -0.910. The zero-order valence-corrected chi connectivity index (χ0v) is 10.8.